The molecule has 1 atom stereocenters. The number of H-pyrrole nitrogens is 1. The van der Waals surface area contributed by atoms with Crippen molar-refractivity contribution < 1.29 is 9.90 Å². The number of hydrogen-bond donors (Lipinski definition) is 4. The average Bonchev–Trinajstić information content (AvgIpc) is 3.41. The van der Waals surface area contributed by atoms with E-state index in [4.69, 9.17) is 4.98 Å². The second-order valence-electron chi connectivity index (χ2n) is 10.7. The minimum Gasteiger partial charge on any atom is -0.477 e. The number of thiophene rings is 1. The van der Waals surface area contributed by atoms with Crippen LogP contribution in [0.15, 0.2) is 82.5 Å². The molecule has 0 radical (unpaired) electrons. The average molecular weight is 577 g/mol. The number of carboxylic acids is 1. The summed E-state index contributed by atoms with van der Waals surface area (Å²) < 4.78 is 0. The Kier molecular flexibility index (Phi) is 7.70. The van der Waals surface area contributed by atoms with Gasteiger partial charge in [0.25, 0.3) is 5.56 Å². The molecule has 0 amide bonds. The molecule has 10 heteroatoms. The largest absolute Gasteiger partial charge is 0.477 e. The number of thioether (sulfide) groups is 1. The third kappa shape index (κ3) is 5.54. The van der Waals surface area contributed by atoms with Crippen molar-refractivity contribution in [2.24, 2.45) is 0 Å². The third-order valence-corrected chi connectivity index (χ3v) is 14.8. The molecule has 1 aliphatic heterocycles. The number of nitrogens with zero attached hydrogens (tertiary/aromatic N) is 1. The highest BCUT2D eigenvalue weighted by molar-refractivity contribution is 8.00. The van der Waals surface area contributed by atoms with Crippen LogP contribution in [0.2, 0.25) is 5.04 Å². The zero-order valence-electron chi connectivity index (χ0n) is 22.2. The fourth-order valence-corrected chi connectivity index (χ4v) is 11.8. The summed E-state index contributed by atoms with van der Waals surface area (Å²) in [6.45, 7) is 7.42. The van der Waals surface area contributed by atoms with Crippen LogP contribution in [-0.4, -0.2) is 41.1 Å². The number of fused-ring (bicyclic) bond motifs is 1. The van der Waals surface area contributed by atoms with E-state index in [0.717, 1.165) is 17.7 Å². The zero-order chi connectivity index (χ0) is 27.6. The van der Waals surface area contributed by atoms with Gasteiger partial charge in [-0.25, -0.2) is 4.79 Å². The van der Waals surface area contributed by atoms with Gasteiger partial charge < -0.3 is 15.4 Å². The molecule has 0 saturated carbocycles. The molecular formula is C29H32N4O3S2Si. The molecule has 1 aliphatic rings. The van der Waals surface area contributed by atoms with Crippen molar-refractivity contribution in [3.63, 3.8) is 0 Å². The van der Waals surface area contributed by atoms with Crippen molar-refractivity contribution in [2.45, 2.75) is 48.8 Å². The number of aromatic carboxylic acids is 1. The molecule has 0 spiro atoms. The van der Waals surface area contributed by atoms with Crippen molar-refractivity contribution in [1.82, 2.24) is 9.97 Å². The van der Waals surface area contributed by atoms with Gasteiger partial charge in [0.1, 0.15) is 15.6 Å². The van der Waals surface area contributed by atoms with Crippen LogP contribution in [0.4, 0.5) is 11.8 Å². The van der Waals surface area contributed by atoms with E-state index in [-0.39, 0.29) is 15.8 Å². The van der Waals surface area contributed by atoms with Crippen molar-refractivity contribution in [2.75, 3.05) is 16.8 Å². The molecule has 0 fully saturated rings. The maximum Gasteiger partial charge on any atom is 0.345 e. The number of aromatic nitrogens is 2. The van der Waals surface area contributed by atoms with Gasteiger partial charge in [-0.1, -0.05) is 81.4 Å². The lowest BCUT2D eigenvalue weighted by Crippen LogP contribution is -2.70. The number of benzene rings is 2. The Morgan fingerprint density at radius 3 is 2.26 bits per heavy atom. The van der Waals surface area contributed by atoms with Gasteiger partial charge >= 0.3 is 5.97 Å². The van der Waals surface area contributed by atoms with E-state index in [1.54, 1.807) is 17.8 Å². The predicted octanol–water partition coefficient (Wildman–Crippen LogP) is 5.02. The van der Waals surface area contributed by atoms with Gasteiger partial charge in [-0.05, 0) is 40.4 Å². The van der Waals surface area contributed by atoms with Crippen molar-refractivity contribution in [1.29, 1.82) is 0 Å². The molecule has 3 heterocycles. The topological polar surface area (TPSA) is 107 Å². The molecule has 5 rings (SSSR count). The molecule has 7 nitrogen and oxygen atoms in total. The molecule has 2 aromatic heterocycles. The lowest BCUT2D eigenvalue weighted by molar-refractivity contribution is 0.0702. The Hall–Kier alpha value is -3.34. The van der Waals surface area contributed by atoms with Gasteiger partial charge in [-0.2, -0.15) is 4.98 Å². The molecule has 0 bridgehead atoms. The number of rotatable bonds is 8. The molecular weight excluding hydrogens is 545 g/mol. The summed E-state index contributed by atoms with van der Waals surface area (Å²) in [5.41, 5.74) is -0.160. The summed E-state index contributed by atoms with van der Waals surface area (Å²) in [5, 5.41) is 15.0. The Balaban J connectivity index is 1.43. The van der Waals surface area contributed by atoms with Crippen LogP contribution < -0.4 is 26.2 Å². The van der Waals surface area contributed by atoms with Crippen LogP contribution in [0.1, 0.15) is 41.7 Å². The zero-order valence-corrected chi connectivity index (χ0v) is 24.8. The molecule has 0 aliphatic carbocycles. The highest BCUT2D eigenvalue weighted by Crippen LogP contribution is 2.37. The molecule has 4 aromatic rings. The first-order valence-corrected chi connectivity index (χ1v) is 16.6. The lowest BCUT2D eigenvalue weighted by Gasteiger charge is -2.44. The Labute approximate surface area is 237 Å². The summed E-state index contributed by atoms with van der Waals surface area (Å²) >= 11 is 2.85. The first-order valence-electron chi connectivity index (χ1n) is 12.9. The molecule has 1 unspecified atom stereocenters. The molecule has 202 valence electrons. The van der Waals surface area contributed by atoms with E-state index in [0.29, 0.717) is 28.1 Å². The Bertz CT molecular complexity index is 1480. The number of carboxylic acid groups (broad SMARTS) is 1. The van der Waals surface area contributed by atoms with E-state index in [1.165, 1.54) is 21.7 Å². The minimum absolute atomic E-state index is 0.153. The van der Waals surface area contributed by atoms with Crippen molar-refractivity contribution in [3.8, 4) is 0 Å². The van der Waals surface area contributed by atoms with Crippen LogP contribution in [0.25, 0.3) is 0 Å². The van der Waals surface area contributed by atoms with Gasteiger partial charge in [0.05, 0.1) is 0 Å². The Morgan fingerprint density at radius 2 is 1.69 bits per heavy atom. The molecule has 0 saturated heterocycles. The van der Waals surface area contributed by atoms with E-state index < -0.39 is 14.2 Å². The monoisotopic (exact) mass is 576 g/mol. The molecule has 2 aromatic carbocycles. The summed E-state index contributed by atoms with van der Waals surface area (Å²) in [7, 11) is -2.69. The first-order chi connectivity index (χ1) is 18.7. The Morgan fingerprint density at radius 1 is 1.05 bits per heavy atom. The second-order valence-corrected chi connectivity index (χ2v) is 17.6. The van der Waals surface area contributed by atoms with Crippen LogP contribution >= 0.6 is 23.1 Å². The first kappa shape index (κ1) is 27.2. The lowest BCUT2D eigenvalue weighted by atomic mass is 10.2. The quantitative estimate of drug-likeness (QED) is 0.218. The van der Waals surface area contributed by atoms with Gasteiger partial charge in [0, 0.05) is 16.7 Å². The summed E-state index contributed by atoms with van der Waals surface area (Å²) in [4.78, 5) is 38.2. The van der Waals surface area contributed by atoms with Gasteiger partial charge in [0.2, 0.25) is 8.24 Å². The molecule has 39 heavy (non-hydrogen) atoms. The number of carbonyl (C=O) groups is 1. The van der Waals surface area contributed by atoms with E-state index in [9.17, 15) is 14.7 Å². The summed E-state index contributed by atoms with van der Waals surface area (Å²) in [5.74, 6) is 0.179. The van der Waals surface area contributed by atoms with Crippen molar-refractivity contribution >= 4 is 59.4 Å². The number of aromatic amines is 1. The van der Waals surface area contributed by atoms with Gasteiger partial charge in [-0.3, -0.25) is 9.78 Å². The highest BCUT2D eigenvalue weighted by atomic mass is 32.2. The van der Waals surface area contributed by atoms with Crippen molar-refractivity contribution in [3.05, 3.63) is 92.9 Å². The maximum atomic E-state index is 13.3. The maximum absolute atomic E-state index is 13.3. The summed E-state index contributed by atoms with van der Waals surface area (Å²) in [6, 6.07) is 24.5. The number of nitrogens with one attached hydrogen (secondary N) is 3. The highest BCUT2D eigenvalue weighted by Gasteiger charge is 2.49. The second kappa shape index (κ2) is 11.0. The standard InChI is InChI=1S/C29H32N4O3S2Si/c1-29(2,3)39(21-10-6-4-7-11-21,22-12-8-5-9-13-22)33-28-31-25-24(26(34)32-28)38-20(18-30-25)15-14-19-16-17-23(37-19)27(35)36/h4-13,16-17,20H,14-15,18H2,1-3H3,(H,35,36)(H3,30,31,32,33,34). The van der Waals surface area contributed by atoms with Crippen LogP contribution in [0.5, 0.6) is 0 Å². The van der Waals surface area contributed by atoms with Crippen LogP contribution in [-0.2, 0) is 6.42 Å². The number of anilines is 2. The van der Waals surface area contributed by atoms with Crippen LogP contribution in [0, 0.1) is 0 Å². The number of aryl methyl sites for hydroxylation is 1. The smallest absolute Gasteiger partial charge is 0.345 e. The van der Waals surface area contributed by atoms with Gasteiger partial charge in [-0.15, -0.1) is 23.1 Å². The van der Waals surface area contributed by atoms with E-state index in [1.807, 2.05) is 18.2 Å². The van der Waals surface area contributed by atoms with E-state index >= 15 is 0 Å². The third-order valence-electron chi connectivity index (χ3n) is 7.09. The molecule has 4 N–H and O–H groups in total. The van der Waals surface area contributed by atoms with Crippen LogP contribution in [0.3, 0.4) is 0 Å². The SMILES string of the molecule is CC(C)(C)[Si](Nc1nc2c(c(=O)[nH]1)SC(CCc1ccc(C(=O)O)s1)CN2)(c1ccccc1)c1ccccc1. The van der Waals surface area contributed by atoms with E-state index in [2.05, 4.69) is 84.6 Å². The number of hydrogen-bond acceptors (Lipinski definition) is 7. The fourth-order valence-electron chi connectivity index (χ4n) is 5.18. The fraction of sp³-hybridized carbons (Fsp3) is 0.276. The van der Waals surface area contributed by atoms with Gasteiger partial charge in [0.15, 0.2) is 5.95 Å². The predicted molar refractivity (Wildman–Crippen MR) is 164 cm³/mol. The summed E-state index contributed by atoms with van der Waals surface area (Å²) in [6.07, 6.45) is 1.60. The minimum atomic E-state index is -2.69. The normalized spacial score (nSPS) is 15.3.